The first-order valence-corrected chi connectivity index (χ1v) is 8.31. The molecule has 0 unspecified atom stereocenters. The SMILES string of the molecule is O=C(c1ccncc1F)N1CCN(c2cc(-n3cccc3)ncn2)CC1. The van der Waals surface area contributed by atoms with E-state index in [0.29, 0.717) is 26.2 Å². The zero-order valence-corrected chi connectivity index (χ0v) is 14.0. The Balaban J connectivity index is 1.45. The highest BCUT2D eigenvalue weighted by Gasteiger charge is 2.24. The van der Waals surface area contributed by atoms with Gasteiger partial charge in [0.05, 0.1) is 11.8 Å². The maximum Gasteiger partial charge on any atom is 0.257 e. The molecule has 0 atom stereocenters. The molecular weight excluding hydrogens is 335 g/mol. The number of nitrogens with zero attached hydrogens (tertiary/aromatic N) is 6. The molecule has 0 aromatic carbocycles. The summed E-state index contributed by atoms with van der Waals surface area (Å²) in [7, 11) is 0. The first-order valence-electron chi connectivity index (χ1n) is 8.31. The molecule has 0 aliphatic carbocycles. The van der Waals surface area contributed by atoms with Crippen molar-refractivity contribution < 1.29 is 9.18 Å². The summed E-state index contributed by atoms with van der Waals surface area (Å²) in [5.74, 6) is 0.704. The smallest absolute Gasteiger partial charge is 0.257 e. The van der Waals surface area contributed by atoms with Crippen molar-refractivity contribution in [3.05, 3.63) is 66.8 Å². The molecule has 7 nitrogen and oxygen atoms in total. The number of carbonyl (C=O) groups is 1. The van der Waals surface area contributed by atoms with E-state index >= 15 is 0 Å². The van der Waals surface area contributed by atoms with E-state index in [1.54, 1.807) is 4.90 Å². The van der Waals surface area contributed by atoms with Crippen LogP contribution >= 0.6 is 0 Å². The molecule has 26 heavy (non-hydrogen) atoms. The first-order chi connectivity index (χ1) is 12.7. The number of carbonyl (C=O) groups excluding carboxylic acids is 1. The third-order valence-corrected chi connectivity index (χ3v) is 4.40. The average molecular weight is 352 g/mol. The highest BCUT2D eigenvalue weighted by molar-refractivity contribution is 5.94. The number of rotatable bonds is 3. The van der Waals surface area contributed by atoms with Crippen molar-refractivity contribution in [1.29, 1.82) is 0 Å². The standard InChI is InChI=1S/C18H17FN6O/c19-15-12-20-4-3-14(15)18(26)25-9-7-24(8-10-25)17-11-16(21-13-22-17)23-5-1-2-6-23/h1-6,11-13H,7-10H2. The summed E-state index contributed by atoms with van der Waals surface area (Å²) >= 11 is 0. The van der Waals surface area contributed by atoms with Crippen molar-refractivity contribution in [1.82, 2.24) is 24.4 Å². The van der Waals surface area contributed by atoms with Gasteiger partial charge in [0.1, 0.15) is 18.0 Å². The van der Waals surface area contributed by atoms with E-state index in [9.17, 15) is 9.18 Å². The van der Waals surface area contributed by atoms with Crippen LogP contribution in [-0.2, 0) is 0 Å². The summed E-state index contributed by atoms with van der Waals surface area (Å²) in [5.41, 5.74) is 0.0605. The second kappa shape index (κ2) is 6.91. The maximum absolute atomic E-state index is 13.8. The molecule has 1 fully saturated rings. The van der Waals surface area contributed by atoms with E-state index < -0.39 is 5.82 Å². The van der Waals surface area contributed by atoms with E-state index in [0.717, 1.165) is 17.8 Å². The van der Waals surface area contributed by atoms with Crippen LogP contribution in [0.4, 0.5) is 10.2 Å². The molecule has 1 aliphatic heterocycles. The highest BCUT2D eigenvalue weighted by atomic mass is 19.1. The van der Waals surface area contributed by atoms with Crippen molar-refractivity contribution in [3.8, 4) is 5.82 Å². The van der Waals surface area contributed by atoms with Gasteiger partial charge in [-0.2, -0.15) is 0 Å². The Hall–Kier alpha value is -3.29. The number of halogens is 1. The summed E-state index contributed by atoms with van der Waals surface area (Å²) in [6.07, 6.45) is 7.87. The summed E-state index contributed by atoms with van der Waals surface area (Å²) in [6, 6.07) is 7.20. The molecule has 4 heterocycles. The molecule has 1 amide bonds. The van der Waals surface area contributed by atoms with Crippen LogP contribution in [0, 0.1) is 5.82 Å². The van der Waals surface area contributed by atoms with Gasteiger partial charge < -0.3 is 14.4 Å². The number of aromatic nitrogens is 4. The lowest BCUT2D eigenvalue weighted by molar-refractivity contribution is 0.0741. The molecule has 0 spiro atoms. The number of piperazine rings is 1. The zero-order valence-electron chi connectivity index (χ0n) is 14.0. The Labute approximate surface area is 149 Å². The van der Waals surface area contributed by atoms with Crippen LogP contribution in [0.2, 0.25) is 0 Å². The minimum Gasteiger partial charge on any atom is -0.353 e. The minimum atomic E-state index is -0.591. The second-order valence-corrected chi connectivity index (χ2v) is 5.96. The monoisotopic (exact) mass is 352 g/mol. The quantitative estimate of drug-likeness (QED) is 0.719. The predicted octanol–water partition coefficient (Wildman–Crippen LogP) is 1.76. The molecular formula is C18H17FN6O. The average Bonchev–Trinajstić information content (AvgIpc) is 3.23. The van der Waals surface area contributed by atoms with Gasteiger partial charge in [-0.05, 0) is 18.2 Å². The molecule has 0 radical (unpaired) electrons. The van der Waals surface area contributed by atoms with E-state index in [-0.39, 0.29) is 11.5 Å². The molecule has 3 aromatic heterocycles. The Bertz CT molecular complexity index is 906. The fourth-order valence-electron chi connectivity index (χ4n) is 3.00. The fraction of sp³-hybridized carbons (Fsp3) is 0.222. The summed E-state index contributed by atoms with van der Waals surface area (Å²) < 4.78 is 15.7. The number of hydrogen-bond donors (Lipinski definition) is 0. The van der Waals surface area contributed by atoms with Gasteiger partial charge in [-0.15, -0.1) is 0 Å². The molecule has 8 heteroatoms. The number of anilines is 1. The van der Waals surface area contributed by atoms with Crippen molar-refractivity contribution in [2.45, 2.75) is 0 Å². The zero-order chi connectivity index (χ0) is 17.9. The molecule has 1 saturated heterocycles. The molecule has 3 aromatic rings. The Morgan fingerprint density at radius 1 is 1.04 bits per heavy atom. The van der Waals surface area contributed by atoms with Crippen LogP contribution in [0.15, 0.2) is 55.4 Å². The Kier molecular flexibility index (Phi) is 4.30. The third-order valence-electron chi connectivity index (χ3n) is 4.40. The molecule has 1 aliphatic rings. The second-order valence-electron chi connectivity index (χ2n) is 5.96. The minimum absolute atomic E-state index is 0.0605. The van der Waals surface area contributed by atoms with Crippen molar-refractivity contribution >= 4 is 11.7 Å². The first kappa shape index (κ1) is 16.2. The van der Waals surface area contributed by atoms with E-state index in [2.05, 4.69) is 19.9 Å². The van der Waals surface area contributed by atoms with E-state index in [1.807, 2.05) is 35.2 Å². The molecule has 132 valence electrons. The Morgan fingerprint density at radius 2 is 1.77 bits per heavy atom. The fourth-order valence-corrected chi connectivity index (χ4v) is 3.00. The van der Waals surface area contributed by atoms with Gasteiger partial charge in [-0.3, -0.25) is 9.78 Å². The molecule has 0 bridgehead atoms. The van der Waals surface area contributed by atoms with Crippen LogP contribution in [0.25, 0.3) is 5.82 Å². The van der Waals surface area contributed by atoms with E-state index in [1.165, 1.54) is 18.6 Å². The summed E-state index contributed by atoms with van der Waals surface area (Å²) in [6.45, 7) is 2.26. The summed E-state index contributed by atoms with van der Waals surface area (Å²) in [5, 5.41) is 0. The normalized spacial score (nSPS) is 14.5. The lowest BCUT2D eigenvalue weighted by Gasteiger charge is -2.35. The van der Waals surface area contributed by atoms with Crippen LogP contribution in [-0.4, -0.2) is 56.5 Å². The predicted molar refractivity (Wildman–Crippen MR) is 93.7 cm³/mol. The maximum atomic E-state index is 13.8. The van der Waals surface area contributed by atoms with Gasteiger partial charge in [0.25, 0.3) is 5.91 Å². The van der Waals surface area contributed by atoms with Gasteiger partial charge in [0.2, 0.25) is 0 Å². The number of hydrogen-bond acceptors (Lipinski definition) is 5. The van der Waals surface area contributed by atoms with Crippen LogP contribution in [0.3, 0.4) is 0 Å². The topological polar surface area (TPSA) is 67.2 Å². The van der Waals surface area contributed by atoms with Gasteiger partial charge >= 0.3 is 0 Å². The number of pyridine rings is 1. The van der Waals surface area contributed by atoms with Gasteiger partial charge in [0.15, 0.2) is 5.82 Å². The van der Waals surface area contributed by atoms with Crippen LogP contribution in [0.5, 0.6) is 0 Å². The summed E-state index contributed by atoms with van der Waals surface area (Å²) in [4.78, 5) is 28.5. The molecule has 0 N–H and O–H groups in total. The van der Waals surface area contributed by atoms with Crippen molar-refractivity contribution in [2.75, 3.05) is 31.1 Å². The van der Waals surface area contributed by atoms with Crippen LogP contribution < -0.4 is 4.90 Å². The lowest BCUT2D eigenvalue weighted by Crippen LogP contribution is -2.49. The molecule has 0 saturated carbocycles. The van der Waals surface area contributed by atoms with Gasteiger partial charge in [-0.25, -0.2) is 14.4 Å². The molecule has 4 rings (SSSR count). The number of amides is 1. The van der Waals surface area contributed by atoms with E-state index in [4.69, 9.17) is 0 Å². The van der Waals surface area contributed by atoms with Crippen molar-refractivity contribution in [3.63, 3.8) is 0 Å². The Morgan fingerprint density at radius 3 is 2.50 bits per heavy atom. The van der Waals surface area contributed by atoms with Crippen LogP contribution in [0.1, 0.15) is 10.4 Å². The third kappa shape index (κ3) is 3.13. The largest absolute Gasteiger partial charge is 0.353 e. The van der Waals surface area contributed by atoms with Gasteiger partial charge in [-0.1, -0.05) is 0 Å². The highest BCUT2D eigenvalue weighted by Crippen LogP contribution is 2.17. The lowest BCUT2D eigenvalue weighted by atomic mass is 10.2. The van der Waals surface area contributed by atoms with Gasteiger partial charge in [0, 0.05) is 50.8 Å². The van der Waals surface area contributed by atoms with Crippen molar-refractivity contribution in [2.24, 2.45) is 0 Å².